The summed E-state index contributed by atoms with van der Waals surface area (Å²) in [5.74, 6) is 0.208. The van der Waals surface area contributed by atoms with Crippen LogP contribution in [0.4, 0.5) is 0 Å². The molecule has 1 saturated carbocycles. The van der Waals surface area contributed by atoms with Crippen molar-refractivity contribution in [2.24, 2.45) is 10.8 Å². The molecule has 18 heavy (non-hydrogen) atoms. The lowest BCUT2D eigenvalue weighted by atomic mass is 9.67. The van der Waals surface area contributed by atoms with Crippen molar-refractivity contribution >= 4 is 5.91 Å². The van der Waals surface area contributed by atoms with Crippen molar-refractivity contribution in [3.63, 3.8) is 0 Å². The van der Waals surface area contributed by atoms with E-state index in [0.29, 0.717) is 5.41 Å². The molecule has 1 saturated heterocycles. The Morgan fingerprint density at radius 2 is 2.00 bits per heavy atom. The minimum absolute atomic E-state index is 0.0137. The molecule has 0 aromatic carbocycles. The van der Waals surface area contributed by atoms with Gasteiger partial charge in [0.15, 0.2) is 0 Å². The highest BCUT2D eigenvalue weighted by Crippen LogP contribution is 2.43. The number of piperidine rings is 1. The van der Waals surface area contributed by atoms with Crippen LogP contribution in [0, 0.1) is 10.8 Å². The van der Waals surface area contributed by atoms with Crippen molar-refractivity contribution in [3.8, 4) is 0 Å². The Bertz CT molecular complexity index is 302. The summed E-state index contributed by atoms with van der Waals surface area (Å²) in [4.78, 5) is 12.3. The summed E-state index contributed by atoms with van der Waals surface area (Å²) < 4.78 is 0. The normalized spacial score (nSPS) is 29.4. The van der Waals surface area contributed by atoms with E-state index >= 15 is 0 Å². The zero-order valence-corrected chi connectivity index (χ0v) is 12.1. The maximum Gasteiger partial charge on any atom is 0.237 e. The van der Waals surface area contributed by atoms with E-state index in [1.165, 1.54) is 32.1 Å². The number of rotatable bonds is 4. The molecular formula is C15H28N2O. The van der Waals surface area contributed by atoms with Gasteiger partial charge in [0, 0.05) is 6.54 Å². The van der Waals surface area contributed by atoms with Gasteiger partial charge in [0.25, 0.3) is 0 Å². The highest BCUT2D eigenvalue weighted by atomic mass is 16.2. The Hall–Kier alpha value is -0.570. The molecule has 1 amide bonds. The summed E-state index contributed by atoms with van der Waals surface area (Å²) in [5, 5.41) is 6.59. The minimum atomic E-state index is -0.0137. The minimum Gasteiger partial charge on any atom is -0.354 e. The van der Waals surface area contributed by atoms with Crippen LogP contribution in [-0.4, -0.2) is 25.0 Å². The number of carbonyl (C=O) groups excluding carboxylic acids is 1. The van der Waals surface area contributed by atoms with Crippen molar-refractivity contribution in [1.29, 1.82) is 0 Å². The molecule has 1 heterocycles. The number of nitrogens with one attached hydrogen (secondary N) is 2. The molecule has 1 aliphatic heterocycles. The van der Waals surface area contributed by atoms with Crippen molar-refractivity contribution in [3.05, 3.63) is 0 Å². The van der Waals surface area contributed by atoms with Gasteiger partial charge in [-0.3, -0.25) is 4.79 Å². The summed E-state index contributed by atoms with van der Waals surface area (Å²) in [6.45, 7) is 8.48. The van der Waals surface area contributed by atoms with E-state index < -0.39 is 0 Å². The van der Waals surface area contributed by atoms with Gasteiger partial charge in [-0.1, -0.05) is 27.2 Å². The lowest BCUT2D eigenvalue weighted by Gasteiger charge is -2.43. The van der Waals surface area contributed by atoms with E-state index in [1.54, 1.807) is 0 Å². The van der Waals surface area contributed by atoms with Crippen LogP contribution in [0.3, 0.4) is 0 Å². The highest BCUT2D eigenvalue weighted by molar-refractivity contribution is 5.82. The van der Waals surface area contributed by atoms with E-state index in [0.717, 1.165) is 19.5 Å². The molecule has 1 unspecified atom stereocenters. The molecule has 0 spiro atoms. The van der Waals surface area contributed by atoms with Crippen LogP contribution in [0.5, 0.6) is 0 Å². The average molecular weight is 252 g/mol. The molecule has 3 nitrogen and oxygen atoms in total. The fraction of sp³-hybridized carbons (Fsp3) is 0.933. The second kappa shape index (κ2) is 5.20. The molecule has 0 aromatic heterocycles. The monoisotopic (exact) mass is 252 g/mol. The van der Waals surface area contributed by atoms with E-state index in [1.807, 2.05) is 0 Å². The van der Waals surface area contributed by atoms with Crippen molar-refractivity contribution in [1.82, 2.24) is 10.6 Å². The molecule has 0 bridgehead atoms. The smallest absolute Gasteiger partial charge is 0.237 e. The summed E-state index contributed by atoms with van der Waals surface area (Å²) in [5.41, 5.74) is 0.496. The molecular weight excluding hydrogens is 224 g/mol. The second-order valence-corrected chi connectivity index (χ2v) is 6.90. The summed E-state index contributed by atoms with van der Waals surface area (Å²) in [6.07, 6.45) is 7.40. The summed E-state index contributed by atoms with van der Waals surface area (Å²) in [7, 11) is 0. The predicted octanol–water partition coefficient (Wildman–Crippen LogP) is 2.46. The van der Waals surface area contributed by atoms with Gasteiger partial charge in [0.1, 0.15) is 0 Å². The molecule has 104 valence electrons. The Labute approximate surface area is 111 Å². The molecule has 0 radical (unpaired) electrons. The molecule has 1 atom stereocenters. The van der Waals surface area contributed by atoms with E-state index in [9.17, 15) is 4.79 Å². The van der Waals surface area contributed by atoms with Gasteiger partial charge in [0.2, 0.25) is 5.91 Å². The lowest BCUT2D eigenvalue weighted by molar-refractivity contribution is -0.127. The first-order valence-electron chi connectivity index (χ1n) is 7.50. The van der Waals surface area contributed by atoms with Crippen molar-refractivity contribution < 1.29 is 4.79 Å². The zero-order chi connectivity index (χ0) is 13.2. The predicted molar refractivity (Wildman–Crippen MR) is 74.4 cm³/mol. The van der Waals surface area contributed by atoms with Crippen LogP contribution in [-0.2, 0) is 4.79 Å². The van der Waals surface area contributed by atoms with Crippen LogP contribution in [0.15, 0.2) is 0 Å². The molecule has 2 N–H and O–H groups in total. The number of carbonyl (C=O) groups is 1. The maximum atomic E-state index is 12.3. The Morgan fingerprint density at radius 1 is 1.28 bits per heavy atom. The third kappa shape index (κ3) is 2.71. The second-order valence-electron chi connectivity index (χ2n) is 6.90. The maximum absolute atomic E-state index is 12.3. The molecule has 2 aliphatic rings. The molecule has 1 aliphatic carbocycles. The van der Waals surface area contributed by atoms with Crippen LogP contribution in [0.1, 0.15) is 59.3 Å². The Kier molecular flexibility index (Phi) is 4.00. The van der Waals surface area contributed by atoms with Gasteiger partial charge in [-0.2, -0.15) is 0 Å². The van der Waals surface area contributed by atoms with Gasteiger partial charge in [-0.15, -0.1) is 0 Å². The average Bonchev–Trinajstić information content (AvgIpc) is 2.27. The molecule has 3 heteroatoms. The first kappa shape index (κ1) is 13.9. The molecule has 2 fully saturated rings. The van der Waals surface area contributed by atoms with Crippen molar-refractivity contribution in [2.75, 3.05) is 13.1 Å². The van der Waals surface area contributed by atoms with Crippen LogP contribution < -0.4 is 10.6 Å². The van der Waals surface area contributed by atoms with Gasteiger partial charge in [-0.05, 0) is 49.5 Å². The zero-order valence-electron chi connectivity index (χ0n) is 12.1. The standard InChI is InChI=1S/C15H28N2O/c1-4-15(8-5-9-15)11-17-13(18)12-14(2,3)7-6-10-16-12/h12,16H,4-11H2,1-3H3,(H,17,18). The van der Waals surface area contributed by atoms with Gasteiger partial charge < -0.3 is 10.6 Å². The lowest BCUT2D eigenvalue weighted by Crippen LogP contribution is -2.57. The third-order valence-corrected chi connectivity index (χ3v) is 5.19. The van der Waals surface area contributed by atoms with Gasteiger partial charge in [-0.25, -0.2) is 0 Å². The topological polar surface area (TPSA) is 41.1 Å². The van der Waals surface area contributed by atoms with Gasteiger partial charge >= 0.3 is 0 Å². The molecule has 2 rings (SSSR count). The summed E-state index contributed by atoms with van der Waals surface area (Å²) >= 11 is 0. The van der Waals surface area contributed by atoms with Crippen LogP contribution >= 0.6 is 0 Å². The van der Waals surface area contributed by atoms with E-state index in [4.69, 9.17) is 0 Å². The number of hydrogen-bond acceptors (Lipinski definition) is 2. The van der Waals surface area contributed by atoms with Crippen LogP contribution in [0.25, 0.3) is 0 Å². The number of hydrogen-bond donors (Lipinski definition) is 2. The SMILES string of the molecule is CCC1(CNC(=O)C2NCCCC2(C)C)CCC1. The quantitative estimate of drug-likeness (QED) is 0.807. The first-order chi connectivity index (χ1) is 8.49. The van der Waals surface area contributed by atoms with Gasteiger partial charge in [0.05, 0.1) is 6.04 Å². The Morgan fingerprint density at radius 3 is 2.50 bits per heavy atom. The fourth-order valence-electron chi connectivity index (χ4n) is 3.37. The molecule has 0 aromatic rings. The van der Waals surface area contributed by atoms with Crippen molar-refractivity contribution in [2.45, 2.75) is 65.3 Å². The van der Waals surface area contributed by atoms with E-state index in [-0.39, 0.29) is 17.4 Å². The largest absolute Gasteiger partial charge is 0.354 e. The first-order valence-corrected chi connectivity index (χ1v) is 7.50. The summed E-state index contributed by atoms with van der Waals surface area (Å²) in [6, 6.07) is -0.0137. The fourth-order valence-corrected chi connectivity index (χ4v) is 3.37. The highest BCUT2D eigenvalue weighted by Gasteiger charge is 2.39. The number of amides is 1. The Balaban J connectivity index is 1.87. The van der Waals surface area contributed by atoms with Crippen LogP contribution in [0.2, 0.25) is 0 Å². The van der Waals surface area contributed by atoms with E-state index in [2.05, 4.69) is 31.4 Å². The third-order valence-electron chi connectivity index (χ3n) is 5.19.